The Hall–Kier alpha value is -1.71. The summed E-state index contributed by atoms with van der Waals surface area (Å²) in [5.41, 5.74) is 0.815. The highest BCUT2D eigenvalue weighted by Crippen LogP contribution is 2.35. The van der Waals surface area contributed by atoms with Gasteiger partial charge < -0.3 is 14.4 Å². The zero-order valence-corrected chi connectivity index (χ0v) is 14.3. The molecule has 4 heteroatoms. The Bertz CT molecular complexity index is 504. The van der Waals surface area contributed by atoms with Crippen LogP contribution in [0, 0.1) is 5.92 Å². The molecule has 0 radical (unpaired) electrons. The Morgan fingerprint density at radius 2 is 1.86 bits per heavy atom. The molecule has 0 aliphatic carbocycles. The van der Waals surface area contributed by atoms with Gasteiger partial charge in [-0.05, 0) is 44.4 Å². The number of carbonyl (C=O) groups is 1. The second kappa shape index (κ2) is 6.59. The fourth-order valence-corrected chi connectivity index (χ4v) is 2.99. The van der Waals surface area contributed by atoms with E-state index in [0.717, 1.165) is 25.3 Å². The number of carbonyl (C=O) groups excluding carboxylic acids is 1. The van der Waals surface area contributed by atoms with Crippen LogP contribution in [0.15, 0.2) is 24.3 Å². The highest BCUT2D eigenvalue weighted by molar-refractivity contribution is 5.68. The average molecular weight is 305 g/mol. The molecule has 1 aliphatic rings. The third-order valence-electron chi connectivity index (χ3n) is 4.16. The number of rotatable bonds is 3. The molecule has 22 heavy (non-hydrogen) atoms. The van der Waals surface area contributed by atoms with Crippen LogP contribution in [0.4, 0.5) is 4.79 Å². The van der Waals surface area contributed by atoms with Crippen LogP contribution in [0.25, 0.3) is 0 Å². The van der Waals surface area contributed by atoms with E-state index in [1.54, 1.807) is 7.11 Å². The summed E-state index contributed by atoms with van der Waals surface area (Å²) in [7, 11) is 1.67. The second-order valence-corrected chi connectivity index (χ2v) is 6.93. The Morgan fingerprint density at radius 3 is 2.36 bits per heavy atom. The average Bonchev–Trinajstić information content (AvgIpc) is 2.90. The van der Waals surface area contributed by atoms with Crippen LogP contribution in [0.5, 0.6) is 5.75 Å². The summed E-state index contributed by atoms with van der Waals surface area (Å²) < 4.78 is 10.7. The fourth-order valence-electron chi connectivity index (χ4n) is 2.99. The minimum Gasteiger partial charge on any atom is -0.497 e. The van der Waals surface area contributed by atoms with Crippen molar-refractivity contribution in [2.24, 2.45) is 5.92 Å². The van der Waals surface area contributed by atoms with Crippen LogP contribution in [0.2, 0.25) is 0 Å². The number of hydrogen-bond acceptors (Lipinski definition) is 3. The maximum absolute atomic E-state index is 12.3. The van der Waals surface area contributed by atoms with Crippen LogP contribution in [-0.2, 0) is 4.74 Å². The molecule has 1 aliphatic heterocycles. The molecule has 1 saturated heterocycles. The van der Waals surface area contributed by atoms with Crippen molar-refractivity contribution in [3.05, 3.63) is 29.8 Å². The topological polar surface area (TPSA) is 38.8 Å². The molecule has 1 aromatic rings. The Labute approximate surface area is 133 Å². The predicted molar refractivity (Wildman–Crippen MR) is 87.3 cm³/mol. The third kappa shape index (κ3) is 3.93. The summed E-state index contributed by atoms with van der Waals surface area (Å²) in [6.45, 7) is 9.37. The summed E-state index contributed by atoms with van der Waals surface area (Å²) in [6, 6.07) is 8.17. The van der Waals surface area contributed by atoms with Gasteiger partial charge >= 0.3 is 6.09 Å². The molecule has 2 atom stereocenters. The lowest BCUT2D eigenvalue weighted by Crippen LogP contribution is -2.35. The third-order valence-corrected chi connectivity index (χ3v) is 4.16. The van der Waals surface area contributed by atoms with Crippen molar-refractivity contribution in [2.75, 3.05) is 20.2 Å². The first-order chi connectivity index (χ1) is 10.3. The molecule has 1 aromatic carbocycles. The summed E-state index contributed by atoms with van der Waals surface area (Å²) in [5, 5.41) is 0. The van der Waals surface area contributed by atoms with E-state index in [9.17, 15) is 4.79 Å². The van der Waals surface area contributed by atoms with Crippen LogP contribution in [-0.4, -0.2) is 36.8 Å². The zero-order valence-electron chi connectivity index (χ0n) is 14.3. The van der Waals surface area contributed by atoms with E-state index < -0.39 is 5.60 Å². The van der Waals surface area contributed by atoms with Gasteiger partial charge in [-0.25, -0.2) is 4.79 Å². The van der Waals surface area contributed by atoms with Gasteiger partial charge in [-0.3, -0.25) is 0 Å². The molecule has 1 fully saturated rings. The quantitative estimate of drug-likeness (QED) is 0.845. The number of ether oxygens (including phenoxy) is 2. The molecule has 2 rings (SSSR count). The molecule has 0 bridgehead atoms. The fraction of sp³-hybridized carbons (Fsp3) is 0.611. The van der Waals surface area contributed by atoms with Gasteiger partial charge in [-0.1, -0.05) is 25.5 Å². The van der Waals surface area contributed by atoms with Gasteiger partial charge in [0.2, 0.25) is 0 Å². The minimum atomic E-state index is -0.447. The summed E-state index contributed by atoms with van der Waals surface area (Å²) in [4.78, 5) is 14.1. The highest BCUT2D eigenvalue weighted by Gasteiger charge is 2.36. The molecule has 0 aromatic heterocycles. The maximum Gasteiger partial charge on any atom is 0.410 e. The Morgan fingerprint density at radius 1 is 1.23 bits per heavy atom. The van der Waals surface area contributed by atoms with Crippen molar-refractivity contribution in [2.45, 2.75) is 45.6 Å². The number of benzene rings is 1. The Balaban J connectivity index is 2.10. The van der Waals surface area contributed by atoms with E-state index in [1.165, 1.54) is 5.56 Å². The molecule has 1 unspecified atom stereocenters. The smallest absolute Gasteiger partial charge is 0.410 e. The maximum atomic E-state index is 12.3. The molecule has 0 spiro atoms. The SMILES string of the molecule is CCC1CN(C(=O)OC(C)(C)C)C[C@H]1c1ccc(OC)cc1. The molecule has 4 nitrogen and oxygen atoms in total. The molecular weight excluding hydrogens is 278 g/mol. The Kier molecular flexibility index (Phi) is 4.99. The number of nitrogens with zero attached hydrogens (tertiary/aromatic N) is 1. The highest BCUT2D eigenvalue weighted by atomic mass is 16.6. The summed E-state index contributed by atoms with van der Waals surface area (Å²) in [5.74, 6) is 1.70. The first-order valence-electron chi connectivity index (χ1n) is 7.96. The first-order valence-corrected chi connectivity index (χ1v) is 7.96. The van der Waals surface area contributed by atoms with Gasteiger partial charge in [-0.15, -0.1) is 0 Å². The normalized spacial score (nSPS) is 21.8. The molecule has 1 heterocycles. The van der Waals surface area contributed by atoms with E-state index in [4.69, 9.17) is 9.47 Å². The van der Waals surface area contributed by atoms with Gasteiger partial charge in [0.05, 0.1) is 7.11 Å². The standard InChI is InChI=1S/C18H27NO3/c1-6-13-11-19(17(20)22-18(2,3)4)12-16(13)14-7-9-15(21-5)10-8-14/h7-10,13,16H,6,11-12H2,1-5H3/t13?,16-/m1/s1. The van der Waals surface area contributed by atoms with Crippen molar-refractivity contribution in [1.82, 2.24) is 4.90 Å². The predicted octanol–water partition coefficient (Wildman–Crippen LogP) is 4.06. The number of hydrogen-bond donors (Lipinski definition) is 0. The molecule has 122 valence electrons. The lowest BCUT2D eigenvalue weighted by atomic mass is 9.87. The van der Waals surface area contributed by atoms with E-state index >= 15 is 0 Å². The second-order valence-electron chi connectivity index (χ2n) is 6.93. The van der Waals surface area contributed by atoms with Gasteiger partial charge in [0.15, 0.2) is 0 Å². The van der Waals surface area contributed by atoms with Crippen LogP contribution >= 0.6 is 0 Å². The molecular formula is C18H27NO3. The van der Waals surface area contributed by atoms with Crippen molar-refractivity contribution >= 4 is 6.09 Å². The number of likely N-dealkylation sites (tertiary alicyclic amines) is 1. The van der Waals surface area contributed by atoms with Crippen molar-refractivity contribution in [3.63, 3.8) is 0 Å². The zero-order chi connectivity index (χ0) is 16.3. The van der Waals surface area contributed by atoms with E-state index in [1.807, 2.05) is 37.8 Å². The first kappa shape index (κ1) is 16.7. The van der Waals surface area contributed by atoms with E-state index in [-0.39, 0.29) is 6.09 Å². The van der Waals surface area contributed by atoms with Crippen LogP contribution < -0.4 is 4.74 Å². The summed E-state index contributed by atoms with van der Waals surface area (Å²) in [6.07, 6.45) is 0.845. The largest absolute Gasteiger partial charge is 0.497 e. The number of methoxy groups -OCH3 is 1. The van der Waals surface area contributed by atoms with Crippen molar-refractivity contribution < 1.29 is 14.3 Å². The van der Waals surface area contributed by atoms with E-state index in [0.29, 0.717) is 11.8 Å². The lowest BCUT2D eigenvalue weighted by molar-refractivity contribution is 0.0286. The minimum absolute atomic E-state index is 0.207. The van der Waals surface area contributed by atoms with Crippen LogP contribution in [0.1, 0.15) is 45.6 Å². The van der Waals surface area contributed by atoms with Gasteiger partial charge in [0.25, 0.3) is 0 Å². The van der Waals surface area contributed by atoms with Crippen molar-refractivity contribution in [3.8, 4) is 5.75 Å². The number of amides is 1. The van der Waals surface area contributed by atoms with Gasteiger partial charge in [-0.2, -0.15) is 0 Å². The van der Waals surface area contributed by atoms with E-state index in [2.05, 4.69) is 19.1 Å². The van der Waals surface area contributed by atoms with Gasteiger partial charge in [0.1, 0.15) is 11.4 Å². The summed E-state index contributed by atoms with van der Waals surface area (Å²) >= 11 is 0. The molecule has 1 amide bonds. The lowest BCUT2D eigenvalue weighted by Gasteiger charge is -2.24. The van der Waals surface area contributed by atoms with Crippen molar-refractivity contribution in [1.29, 1.82) is 0 Å². The molecule has 0 N–H and O–H groups in total. The monoisotopic (exact) mass is 305 g/mol. The van der Waals surface area contributed by atoms with Gasteiger partial charge in [0, 0.05) is 19.0 Å². The van der Waals surface area contributed by atoms with Crippen LogP contribution in [0.3, 0.4) is 0 Å². The molecule has 0 saturated carbocycles.